The van der Waals surface area contributed by atoms with Gasteiger partial charge in [-0.3, -0.25) is 4.99 Å². The molecule has 0 amide bonds. The van der Waals surface area contributed by atoms with Crippen molar-refractivity contribution in [1.82, 2.24) is 20.0 Å². The average Bonchev–Trinajstić information content (AvgIpc) is 3.14. The predicted octanol–water partition coefficient (Wildman–Crippen LogP) is 3.51. The first kappa shape index (κ1) is 21.2. The molecule has 0 fully saturated rings. The van der Waals surface area contributed by atoms with E-state index in [1.165, 1.54) is 5.56 Å². The fourth-order valence-corrected chi connectivity index (χ4v) is 2.52. The molecule has 6 heteroatoms. The molecular weight excluding hydrogens is 425 g/mol. The van der Waals surface area contributed by atoms with Gasteiger partial charge in [0.1, 0.15) is 0 Å². The van der Waals surface area contributed by atoms with Gasteiger partial charge in [-0.05, 0) is 43.0 Å². The number of benzene rings is 1. The summed E-state index contributed by atoms with van der Waals surface area (Å²) in [5.41, 5.74) is 2.37. The molecule has 0 aliphatic rings. The van der Waals surface area contributed by atoms with Crippen LogP contribution in [0.3, 0.4) is 0 Å². The van der Waals surface area contributed by atoms with E-state index in [2.05, 4.69) is 58.2 Å². The maximum absolute atomic E-state index is 4.34. The molecule has 0 saturated carbocycles. The molecule has 1 aromatic carbocycles. The van der Waals surface area contributed by atoms with Gasteiger partial charge in [0.15, 0.2) is 5.96 Å². The van der Waals surface area contributed by atoms with Gasteiger partial charge in [-0.15, -0.1) is 30.6 Å². The minimum absolute atomic E-state index is 0. The van der Waals surface area contributed by atoms with Crippen LogP contribution in [0.5, 0.6) is 0 Å². The van der Waals surface area contributed by atoms with E-state index in [-0.39, 0.29) is 24.0 Å². The Labute approximate surface area is 167 Å². The predicted molar refractivity (Wildman–Crippen MR) is 116 cm³/mol. The summed E-state index contributed by atoms with van der Waals surface area (Å²) >= 11 is 0. The zero-order valence-electron chi connectivity index (χ0n) is 15.1. The smallest absolute Gasteiger partial charge is 0.193 e. The van der Waals surface area contributed by atoms with Gasteiger partial charge >= 0.3 is 0 Å². The summed E-state index contributed by atoms with van der Waals surface area (Å²) in [4.78, 5) is 6.50. The zero-order valence-corrected chi connectivity index (χ0v) is 17.4. The molecule has 0 saturated heterocycles. The van der Waals surface area contributed by atoms with Crippen LogP contribution in [0.1, 0.15) is 18.4 Å². The van der Waals surface area contributed by atoms with Gasteiger partial charge in [0.05, 0.1) is 5.69 Å². The first-order chi connectivity index (χ1) is 11.7. The number of unbranched alkanes of at least 4 members (excludes halogenated alkanes) is 1. The summed E-state index contributed by atoms with van der Waals surface area (Å²) in [6.45, 7) is 5.60. The van der Waals surface area contributed by atoms with Gasteiger partial charge in [-0.2, -0.15) is 5.10 Å². The topological polar surface area (TPSA) is 45.5 Å². The highest BCUT2D eigenvalue weighted by atomic mass is 127. The number of halogens is 1. The minimum atomic E-state index is 0. The van der Waals surface area contributed by atoms with E-state index in [1.54, 1.807) is 6.20 Å². The second-order valence-electron chi connectivity index (χ2n) is 5.69. The summed E-state index contributed by atoms with van der Waals surface area (Å²) in [6, 6.07) is 10.4. The molecule has 0 aliphatic heterocycles. The Morgan fingerprint density at radius 2 is 2.12 bits per heavy atom. The molecule has 0 radical (unpaired) electrons. The number of hydrogen-bond acceptors (Lipinski definition) is 2. The van der Waals surface area contributed by atoms with Gasteiger partial charge in [-0.1, -0.05) is 18.2 Å². The highest BCUT2D eigenvalue weighted by Crippen LogP contribution is 2.08. The van der Waals surface area contributed by atoms with Gasteiger partial charge in [0, 0.05) is 39.6 Å². The molecule has 5 nitrogen and oxygen atoms in total. The first-order valence-electron chi connectivity index (χ1n) is 8.36. The summed E-state index contributed by atoms with van der Waals surface area (Å²) in [7, 11) is 3.89. The highest BCUT2D eigenvalue weighted by Gasteiger charge is 2.04. The first-order valence-corrected chi connectivity index (χ1v) is 8.36. The summed E-state index contributed by atoms with van der Waals surface area (Å²) < 4.78 is 1.86. The number of nitrogens with one attached hydrogen (secondary N) is 1. The molecule has 0 atom stereocenters. The van der Waals surface area contributed by atoms with Crippen molar-refractivity contribution in [2.24, 2.45) is 4.99 Å². The maximum atomic E-state index is 4.34. The molecule has 2 aromatic rings. The van der Waals surface area contributed by atoms with E-state index in [4.69, 9.17) is 0 Å². The molecule has 0 spiro atoms. The second kappa shape index (κ2) is 11.7. The van der Waals surface area contributed by atoms with Gasteiger partial charge in [0.2, 0.25) is 0 Å². The standard InChI is InChI=1S/C19H27N5.HI/c1-4-5-6-15-23(3)19(20-2)21-14-12-17-8-10-18(11-9-17)24-16-7-13-22-24;/h4,7-11,13,16H,1,5-6,12,14-15H2,2-3H3,(H,20,21);1H. The van der Waals surface area contributed by atoms with E-state index in [1.807, 2.05) is 30.1 Å². The molecule has 0 aliphatic carbocycles. The third kappa shape index (κ3) is 6.89. The Morgan fingerprint density at radius 3 is 2.72 bits per heavy atom. The number of nitrogens with zero attached hydrogens (tertiary/aromatic N) is 4. The van der Waals surface area contributed by atoms with E-state index in [0.717, 1.165) is 44.0 Å². The monoisotopic (exact) mass is 453 g/mol. The number of aromatic nitrogens is 2. The van der Waals surface area contributed by atoms with Crippen molar-refractivity contribution in [3.05, 3.63) is 60.9 Å². The Balaban J connectivity index is 0.00000312. The van der Waals surface area contributed by atoms with Crippen LogP contribution in [0.4, 0.5) is 0 Å². The number of rotatable bonds is 8. The molecule has 1 heterocycles. The van der Waals surface area contributed by atoms with Crippen LogP contribution < -0.4 is 5.32 Å². The average molecular weight is 453 g/mol. The molecule has 25 heavy (non-hydrogen) atoms. The third-order valence-corrected chi connectivity index (χ3v) is 3.88. The number of aliphatic imine (C=N–C) groups is 1. The van der Waals surface area contributed by atoms with Crippen LogP contribution in [0, 0.1) is 0 Å². The lowest BCUT2D eigenvalue weighted by atomic mass is 10.1. The van der Waals surface area contributed by atoms with Crippen LogP contribution in [-0.2, 0) is 6.42 Å². The van der Waals surface area contributed by atoms with Crippen LogP contribution in [-0.4, -0.2) is 47.8 Å². The lowest BCUT2D eigenvalue weighted by Crippen LogP contribution is -2.40. The Bertz CT molecular complexity index is 634. The minimum Gasteiger partial charge on any atom is -0.356 e. The SMILES string of the molecule is C=CCCCN(C)C(=NC)NCCc1ccc(-n2cccn2)cc1.I. The van der Waals surface area contributed by atoms with Gasteiger partial charge < -0.3 is 10.2 Å². The van der Waals surface area contributed by atoms with Crippen molar-refractivity contribution in [3.63, 3.8) is 0 Å². The fraction of sp³-hybridized carbons (Fsp3) is 0.368. The van der Waals surface area contributed by atoms with Gasteiger partial charge in [-0.25, -0.2) is 4.68 Å². The van der Waals surface area contributed by atoms with E-state index in [0.29, 0.717) is 0 Å². The normalized spacial score (nSPS) is 10.9. The number of allylic oxidation sites excluding steroid dienone is 1. The molecule has 0 bridgehead atoms. The van der Waals surface area contributed by atoms with Crippen LogP contribution in [0.15, 0.2) is 60.4 Å². The largest absolute Gasteiger partial charge is 0.356 e. The summed E-state index contributed by atoms with van der Waals surface area (Å²) in [5.74, 6) is 0.937. The quantitative estimate of drug-likeness (QED) is 0.219. The van der Waals surface area contributed by atoms with Gasteiger partial charge in [0.25, 0.3) is 0 Å². The molecule has 2 rings (SSSR count). The number of guanidine groups is 1. The van der Waals surface area contributed by atoms with Crippen LogP contribution in [0.2, 0.25) is 0 Å². The van der Waals surface area contributed by atoms with Crippen molar-refractivity contribution in [1.29, 1.82) is 0 Å². The molecule has 0 unspecified atom stereocenters. The fourth-order valence-electron chi connectivity index (χ4n) is 2.52. The molecule has 1 aromatic heterocycles. The van der Waals surface area contributed by atoms with E-state index < -0.39 is 0 Å². The molecule has 1 N–H and O–H groups in total. The molecular formula is C19H28IN5. The van der Waals surface area contributed by atoms with Crippen molar-refractivity contribution in [2.45, 2.75) is 19.3 Å². The third-order valence-electron chi connectivity index (χ3n) is 3.88. The van der Waals surface area contributed by atoms with Crippen molar-refractivity contribution < 1.29 is 0 Å². The van der Waals surface area contributed by atoms with E-state index in [9.17, 15) is 0 Å². The van der Waals surface area contributed by atoms with E-state index >= 15 is 0 Å². The van der Waals surface area contributed by atoms with Crippen LogP contribution in [0.25, 0.3) is 5.69 Å². The lowest BCUT2D eigenvalue weighted by molar-refractivity contribution is 0.470. The van der Waals surface area contributed by atoms with Crippen molar-refractivity contribution >= 4 is 29.9 Å². The van der Waals surface area contributed by atoms with Crippen molar-refractivity contribution in [2.75, 3.05) is 27.2 Å². The Hall–Kier alpha value is -1.83. The maximum Gasteiger partial charge on any atom is 0.193 e. The number of hydrogen-bond donors (Lipinski definition) is 1. The van der Waals surface area contributed by atoms with Crippen molar-refractivity contribution in [3.8, 4) is 5.69 Å². The molecule has 136 valence electrons. The summed E-state index contributed by atoms with van der Waals surface area (Å²) in [5, 5.41) is 7.66. The van der Waals surface area contributed by atoms with Crippen LogP contribution >= 0.6 is 24.0 Å². The Kier molecular flexibility index (Phi) is 9.91. The highest BCUT2D eigenvalue weighted by molar-refractivity contribution is 14.0. The zero-order chi connectivity index (χ0) is 17.2. The second-order valence-corrected chi connectivity index (χ2v) is 5.69. The summed E-state index contributed by atoms with van der Waals surface area (Å²) in [6.07, 6.45) is 8.77. The lowest BCUT2D eigenvalue weighted by Gasteiger charge is -2.21. The Morgan fingerprint density at radius 1 is 1.36 bits per heavy atom.